The maximum Gasteiger partial charge on any atom is 0.325 e. The standard InChI is InChI=1S/C12H26O.C4H6O7S.2H3N/c1-2-3-4-5-6-7-8-9-10-11-12-13;5-3(6)1-2(4(7)8)12(9,10)11;;/h13H,2-12H2,1H3;2H,1H2,(H,5,6)(H,7,8)(H,9,10,11);2*1H3. The lowest BCUT2D eigenvalue weighted by Crippen LogP contribution is -2.31. The number of unbranched alkanes of at least 4 members (excludes halogenated alkanes) is 9. The molecular formula is C16H38N2O8S. The fourth-order valence-corrected chi connectivity index (χ4v) is 2.69. The molecule has 0 aliphatic heterocycles. The summed E-state index contributed by atoms with van der Waals surface area (Å²) in [7, 11) is -4.84. The minimum absolute atomic E-state index is 0. The second-order valence-corrected chi connectivity index (χ2v) is 7.44. The molecule has 0 radical (unpaired) electrons. The van der Waals surface area contributed by atoms with E-state index in [2.05, 4.69) is 6.92 Å². The van der Waals surface area contributed by atoms with Gasteiger partial charge in [-0.25, -0.2) is 0 Å². The molecule has 11 heteroatoms. The summed E-state index contributed by atoms with van der Waals surface area (Å²) in [5.41, 5.74) is 0. The van der Waals surface area contributed by atoms with Crippen LogP contribution < -0.4 is 12.3 Å². The van der Waals surface area contributed by atoms with Crippen LogP contribution in [0.25, 0.3) is 0 Å². The zero-order valence-electron chi connectivity index (χ0n) is 16.3. The summed E-state index contributed by atoms with van der Waals surface area (Å²) in [4.78, 5) is 20.0. The van der Waals surface area contributed by atoms with Crippen molar-refractivity contribution in [1.82, 2.24) is 12.3 Å². The average Bonchev–Trinajstić information content (AvgIpc) is 2.50. The number of carboxylic acid groups (broad SMARTS) is 2. The number of aliphatic carboxylic acids is 2. The van der Waals surface area contributed by atoms with Crippen molar-refractivity contribution >= 4 is 22.1 Å². The Balaban J connectivity index is -0.000000183. The first kappa shape index (κ1) is 33.3. The SMILES string of the molecule is CCCCCCCCCCCCO.N.N.O=C(O)CC(C(=O)O)S(=O)(=O)O. The smallest absolute Gasteiger partial charge is 0.325 e. The number of rotatable bonds is 14. The molecule has 0 heterocycles. The van der Waals surface area contributed by atoms with E-state index >= 15 is 0 Å². The summed E-state index contributed by atoms with van der Waals surface area (Å²) >= 11 is 0. The van der Waals surface area contributed by atoms with Gasteiger partial charge in [0.2, 0.25) is 0 Å². The van der Waals surface area contributed by atoms with E-state index < -0.39 is 33.7 Å². The van der Waals surface area contributed by atoms with Crippen molar-refractivity contribution in [3.05, 3.63) is 0 Å². The van der Waals surface area contributed by atoms with Gasteiger partial charge in [-0.15, -0.1) is 0 Å². The quantitative estimate of drug-likeness (QED) is 0.179. The molecule has 10 nitrogen and oxygen atoms in total. The minimum atomic E-state index is -4.84. The minimum Gasteiger partial charge on any atom is -0.481 e. The second kappa shape index (κ2) is 21.0. The summed E-state index contributed by atoms with van der Waals surface area (Å²) < 4.78 is 28.7. The zero-order chi connectivity index (χ0) is 19.7. The topological polar surface area (TPSA) is 219 Å². The Morgan fingerprint density at radius 3 is 1.41 bits per heavy atom. The van der Waals surface area contributed by atoms with E-state index in [1.165, 1.54) is 57.8 Å². The first-order chi connectivity index (χ1) is 11.7. The normalized spacial score (nSPS) is 11.2. The average molecular weight is 419 g/mol. The van der Waals surface area contributed by atoms with Gasteiger partial charge in [0, 0.05) is 6.61 Å². The zero-order valence-corrected chi connectivity index (χ0v) is 17.1. The third-order valence-corrected chi connectivity index (χ3v) is 4.59. The molecule has 1 unspecified atom stereocenters. The van der Waals surface area contributed by atoms with Crippen molar-refractivity contribution in [2.45, 2.75) is 82.8 Å². The van der Waals surface area contributed by atoms with Gasteiger partial charge >= 0.3 is 11.9 Å². The molecule has 0 saturated carbocycles. The van der Waals surface area contributed by atoms with Crippen LogP contribution in [-0.4, -0.2) is 52.1 Å². The Morgan fingerprint density at radius 2 is 1.19 bits per heavy atom. The molecule has 0 aromatic heterocycles. The van der Waals surface area contributed by atoms with Gasteiger partial charge in [-0.1, -0.05) is 64.7 Å². The lowest BCUT2D eigenvalue weighted by atomic mass is 10.1. The van der Waals surface area contributed by atoms with Gasteiger partial charge in [0.25, 0.3) is 10.1 Å². The Hall–Kier alpha value is -1.27. The van der Waals surface area contributed by atoms with Crippen LogP contribution in [0.1, 0.15) is 77.6 Å². The van der Waals surface area contributed by atoms with Crippen molar-refractivity contribution in [3.8, 4) is 0 Å². The molecule has 1 atom stereocenters. The maximum atomic E-state index is 10.2. The van der Waals surface area contributed by atoms with Crippen molar-refractivity contribution in [1.29, 1.82) is 0 Å². The summed E-state index contributed by atoms with van der Waals surface area (Å²) in [5.74, 6) is -3.50. The first-order valence-electron chi connectivity index (χ1n) is 8.68. The third kappa shape index (κ3) is 24.7. The molecule has 0 bridgehead atoms. The van der Waals surface area contributed by atoms with Crippen LogP contribution in [0.2, 0.25) is 0 Å². The highest BCUT2D eigenvalue weighted by Crippen LogP contribution is 2.10. The molecule has 0 rings (SSSR count). The number of hydrogen-bond donors (Lipinski definition) is 6. The molecule has 0 aromatic rings. The first-order valence-corrected chi connectivity index (χ1v) is 10.2. The molecule has 0 saturated heterocycles. The van der Waals surface area contributed by atoms with Crippen molar-refractivity contribution < 1.29 is 37.9 Å². The van der Waals surface area contributed by atoms with Crippen LogP contribution >= 0.6 is 0 Å². The van der Waals surface area contributed by atoms with E-state index in [1.807, 2.05) is 0 Å². The number of aliphatic hydroxyl groups is 1. The summed E-state index contributed by atoms with van der Waals surface area (Å²) in [6, 6.07) is 0. The highest BCUT2D eigenvalue weighted by molar-refractivity contribution is 7.87. The molecule has 0 aromatic carbocycles. The Morgan fingerprint density at radius 1 is 0.815 bits per heavy atom. The van der Waals surface area contributed by atoms with Gasteiger partial charge in [0.15, 0.2) is 5.25 Å². The van der Waals surface area contributed by atoms with Crippen LogP contribution in [0, 0.1) is 0 Å². The number of hydrogen-bond acceptors (Lipinski definition) is 7. The predicted molar refractivity (Wildman–Crippen MR) is 104 cm³/mol. The van der Waals surface area contributed by atoms with Crippen molar-refractivity contribution in [3.63, 3.8) is 0 Å². The lowest BCUT2D eigenvalue weighted by Gasteiger charge is -2.04. The van der Waals surface area contributed by atoms with Gasteiger partial charge in [-0.05, 0) is 6.42 Å². The van der Waals surface area contributed by atoms with E-state index in [0.717, 1.165) is 6.42 Å². The van der Waals surface area contributed by atoms with Gasteiger partial charge in [0.05, 0.1) is 6.42 Å². The van der Waals surface area contributed by atoms with E-state index in [4.69, 9.17) is 19.9 Å². The summed E-state index contributed by atoms with van der Waals surface area (Å²) in [6.07, 6.45) is 12.1. The Kier molecular flexibility index (Phi) is 26.0. The lowest BCUT2D eigenvalue weighted by molar-refractivity contribution is -0.143. The molecule has 0 amide bonds. The molecule has 166 valence electrons. The highest BCUT2D eigenvalue weighted by atomic mass is 32.2. The monoisotopic (exact) mass is 418 g/mol. The van der Waals surface area contributed by atoms with Crippen LogP contribution in [0.5, 0.6) is 0 Å². The summed E-state index contributed by atoms with van der Waals surface area (Å²) in [6.45, 7) is 2.63. The molecule has 0 spiro atoms. The predicted octanol–water partition coefficient (Wildman–Crippen LogP) is 3.03. The van der Waals surface area contributed by atoms with Crippen LogP contribution in [0.3, 0.4) is 0 Å². The number of carbonyl (C=O) groups is 2. The van der Waals surface area contributed by atoms with Gasteiger partial charge in [-0.2, -0.15) is 8.42 Å². The number of carboxylic acids is 2. The van der Waals surface area contributed by atoms with Crippen LogP contribution in [-0.2, 0) is 19.7 Å². The van der Waals surface area contributed by atoms with E-state index in [1.54, 1.807) is 0 Å². The van der Waals surface area contributed by atoms with E-state index in [-0.39, 0.29) is 12.3 Å². The van der Waals surface area contributed by atoms with E-state index in [9.17, 15) is 18.0 Å². The third-order valence-electron chi connectivity index (χ3n) is 3.51. The van der Waals surface area contributed by atoms with Crippen molar-refractivity contribution in [2.75, 3.05) is 6.61 Å². The number of aliphatic hydroxyl groups excluding tert-OH is 1. The van der Waals surface area contributed by atoms with E-state index in [0.29, 0.717) is 6.61 Å². The molecular weight excluding hydrogens is 380 g/mol. The van der Waals surface area contributed by atoms with Crippen LogP contribution in [0.4, 0.5) is 0 Å². The van der Waals surface area contributed by atoms with Gasteiger partial charge in [-0.3, -0.25) is 14.1 Å². The Bertz CT molecular complexity index is 447. The molecule has 27 heavy (non-hydrogen) atoms. The fraction of sp³-hybridized carbons (Fsp3) is 0.875. The molecule has 0 aliphatic carbocycles. The molecule has 10 N–H and O–H groups in total. The Labute approximate surface area is 162 Å². The fourth-order valence-electron chi connectivity index (χ4n) is 2.08. The van der Waals surface area contributed by atoms with Gasteiger partial charge in [0.1, 0.15) is 0 Å². The second-order valence-electron chi connectivity index (χ2n) is 5.85. The van der Waals surface area contributed by atoms with Crippen molar-refractivity contribution in [2.24, 2.45) is 0 Å². The van der Waals surface area contributed by atoms with Gasteiger partial charge < -0.3 is 27.6 Å². The van der Waals surface area contributed by atoms with Crippen LogP contribution in [0.15, 0.2) is 0 Å². The highest BCUT2D eigenvalue weighted by Gasteiger charge is 2.33. The molecule has 0 aliphatic rings. The largest absolute Gasteiger partial charge is 0.481 e. The molecule has 0 fully saturated rings. The summed E-state index contributed by atoms with van der Waals surface area (Å²) in [5, 5.41) is 22.5. The maximum absolute atomic E-state index is 10.2.